The second-order valence-electron chi connectivity index (χ2n) is 4.68. The fourth-order valence-electron chi connectivity index (χ4n) is 2.21. The lowest BCUT2D eigenvalue weighted by Crippen LogP contribution is -2.40. The first-order chi connectivity index (χ1) is 8.78. The summed E-state index contributed by atoms with van der Waals surface area (Å²) in [6, 6.07) is 8.02. The molecule has 2 N–H and O–H groups in total. The predicted octanol–water partition coefficient (Wildman–Crippen LogP) is 2.08. The number of nitrogens with zero attached hydrogens (tertiary/aromatic N) is 1. The number of imidazole rings is 1. The van der Waals surface area contributed by atoms with Crippen LogP contribution in [0.1, 0.15) is 17.4 Å². The minimum Gasteiger partial charge on any atom is -0.497 e. The number of aromatic nitrogens is 2. The van der Waals surface area contributed by atoms with E-state index in [1.54, 1.807) is 7.11 Å². The lowest BCUT2D eigenvalue weighted by molar-refractivity contribution is 0.415. The summed E-state index contributed by atoms with van der Waals surface area (Å²) in [4.78, 5) is 8.12. The largest absolute Gasteiger partial charge is 0.497 e. The molecule has 4 heteroatoms. The molecule has 2 heterocycles. The van der Waals surface area contributed by atoms with E-state index in [2.05, 4.69) is 23.3 Å². The van der Waals surface area contributed by atoms with Crippen LogP contribution in [0.15, 0.2) is 24.3 Å². The van der Waals surface area contributed by atoms with Gasteiger partial charge in [0.25, 0.3) is 0 Å². The fourth-order valence-corrected chi connectivity index (χ4v) is 2.21. The molecule has 0 saturated carbocycles. The third-order valence-electron chi connectivity index (χ3n) is 3.41. The Morgan fingerprint density at radius 3 is 2.83 bits per heavy atom. The highest BCUT2D eigenvalue weighted by atomic mass is 16.5. The van der Waals surface area contributed by atoms with Crippen LogP contribution in [0.5, 0.6) is 5.75 Å². The summed E-state index contributed by atoms with van der Waals surface area (Å²) >= 11 is 0. The molecule has 1 fully saturated rings. The molecular weight excluding hydrogens is 226 g/mol. The molecule has 1 aliphatic rings. The van der Waals surface area contributed by atoms with Gasteiger partial charge in [-0.2, -0.15) is 0 Å². The zero-order valence-corrected chi connectivity index (χ0v) is 10.7. The number of ether oxygens (including phenoxy) is 1. The highest BCUT2D eigenvalue weighted by Crippen LogP contribution is 2.27. The fraction of sp³-hybridized carbons (Fsp3) is 0.357. The Hall–Kier alpha value is -1.81. The van der Waals surface area contributed by atoms with Crippen molar-refractivity contribution < 1.29 is 4.74 Å². The number of aryl methyl sites for hydroxylation is 1. The van der Waals surface area contributed by atoms with E-state index in [0.717, 1.165) is 41.6 Å². The molecule has 94 valence electrons. The van der Waals surface area contributed by atoms with Crippen molar-refractivity contribution in [2.24, 2.45) is 0 Å². The summed E-state index contributed by atoms with van der Waals surface area (Å²) in [5, 5.41) is 3.27. The minimum atomic E-state index is 0.531. The molecule has 0 aliphatic carbocycles. The first-order valence-electron chi connectivity index (χ1n) is 6.19. The summed E-state index contributed by atoms with van der Waals surface area (Å²) in [7, 11) is 1.68. The van der Waals surface area contributed by atoms with Gasteiger partial charge < -0.3 is 15.0 Å². The van der Waals surface area contributed by atoms with Crippen LogP contribution in [0.3, 0.4) is 0 Å². The van der Waals surface area contributed by atoms with Crippen molar-refractivity contribution in [3.8, 4) is 17.0 Å². The Balaban J connectivity index is 1.97. The molecule has 1 aromatic heterocycles. The van der Waals surface area contributed by atoms with Crippen LogP contribution in [0, 0.1) is 6.92 Å². The monoisotopic (exact) mass is 243 g/mol. The maximum atomic E-state index is 5.25. The van der Waals surface area contributed by atoms with Crippen molar-refractivity contribution in [2.75, 3.05) is 20.2 Å². The van der Waals surface area contributed by atoms with Gasteiger partial charge in [0.1, 0.15) is 11.6 Å². The molecule has 1 aliphatic heterocycles. The smallest absolute Gasteiger partial charge is 0.119 e. The molecule has 3 rings (SSSR count). The van der Waals surface area contributed by atoms with Crippen molar-refractivity contribution in [3.63, 3.8) is 0 Å². The molecule has 4 nitrogen and oxygen atoms in total. The number of benzene rings is 1. The van der Waals surface area contributed by atoms with Crippen molar-refractivity contribution >= 4 is 0 Å². The van der Waals surface area contributed by atoms with Crippen LogP contribution in [-0.2, 0) is 0 Å². The van der Waals surface area contributed by atoms with Crippen molar-refractivity contribution in [1.82, 2.24) is 15.3 Å². The van der Waals surface area contributed by atoms with Gasteiger partial charge in [-0.25, -0.2) is 4.98 Å². The van der Waals surface area contributed by atoms with Crippen LogP contribution in [0.25, 0.3) is 11.3 Å². The van der Waals surface area contributed by atoms with E-state index in [1.807, 2.05) is 18.2 Å². The van der Waals surface area contributed by atoms with E-state index in [0.29, 0.717) is 5.92 Å². The number of nitrogens with one attached hydrogen (secondary N) is 2. The van der Waals surface area contributed by atoms with Gasteiger partial charge in [-0.3, -0.25) is 0 Å². The minimum absolute atomic E-state index is 0.531. The average Bonchev–Trinajstić information content (AvgIpc) is 2.69. The van der Waals surface area contributed by atoms with Gasteiger partial charge in [-0.1, -0.05) is 12.1 Å². The van der Waals surface area contributed by atoms with Gasteiger partial charge in [0, 0.05) is 30.3 Å². The van der Waals surface area contributed by atoms with Crippen molar-refractivity contribution in [1.29, 1.82) is 0 Å². The van der Waals surface area contributed by atoms with Crippen LogP contribution >= 0.6 is 0 Å². The summed E-state index contributed by atoms with van der Waals surface area (Å²) in [6.45, 7) is 4.10. The topological polar surface area (TPSA) is 49.9 Å². The van der Waals surface area contributed by atoms with Crippen LogP contribution in [0.4, 0.5) is 0 Å². The van der Waals surface area contributed by atoms with Crippen molar-refractivity contribution in [2.45, 2.75) is 12.8 Å². The highest BCUT2D eigenvalue weighted by molar-refractivity contribution is 5.63. The SMILES string of the molecule is COc1cccc(-c2nc(C3CNC3)[nH]c2C)c1. The third-order valence-corrected chi connectivity index (χ3v) is 3.41. The zero-order chi connectivity index (χ0) is 12.5. The zero-order valence-electron chi connectivity index (χ0n) is 10.7. The first kappa shape index (κ1) is 11.3. The van der Waals surface area contributed by atoms with E-state index < -0.39 is 0 Å². The molecule has 0 atom stereocenters. The number of rotatable bonds is 3. The van der Waals surface area contributed by atoms with Gasteiger partial charge in [-0.05, 0) is 19.1 Å². The Labute approximate surface area is 106 Å². The molecule has 1 saturated heterocycles. The highest BCUT2D eigenvalue weighted by Gasteiger charge is 2.23. The first-order valence-corrected chi connectivity index (χ1v) is 6.19. The summed E-state index contributed by atoms with van der Waals surface area (Å²) in [5.74, 6) is 2.48. The second-order valence-corrected chi connectivity index (χ2v) is 4.68. The van der Waals surface area contributed by atoms with Crippen LogP contribution in [-0.4, -0.2) is 30.2 Å². The summed E-state index contributed by atoms with van der Waals surface area (Å²) < 4.78 is 5.25. The lowest BCUT2D eigenvalue weighted by atomic mass is 10.0. The Morgan fingerprint density at radius 2 is 2.17 bits per heavy atom. The molecule has 0 bridgehead atoms. The molecule has 0 radical (unpaired) electrons. The summed E-state index contributed by atoms with van der Waals surface area (Å²) in [6.07, 6.45) is 0. The maximum absolute atomic E-state index is 5.25. The number of methoxy groups -OCH3 is 1. The van der Waals surface area contributed by atoms with Gasteiger partial charge in [-0.15, -0.1) is 0 Å². The molecule has 0 unspecified atom stereocenters. The van der Waals surface area contributed by atoms with Gasteiger partial charge in [0.05, 0.1) is 12.8 Å². The van der Waals surface area contributed by atoms with Crippen LogP contribution < -0.4 is 10.1 Å². The maximum Gasteiger partial charge on any atom is 0.119 e. The van der Waals surface area contributed by atoms with E-state index in [1.165, 1.54) is 0 Å². The quantitative estimate of drug-likeness (QED) is 0.867. The molecule has 0 spiro atoms. The Kier molecular flexibility index (Phi) is 2.80. The molecule has 18 heavy (non-hydrogen) atoms. The van der Waals surface area contributed by atoms with Gasteiger partial charge in [0.2, 0.25) is 0 Å². The van der Waals surface area contributed by atoms with Gasteiger partial charge in [0.15, 0.2) is 0 Å². The van der Waals surface area contributed by atoms with Crippen LogP contribution in [0.2, 0.25) is 0 Å². The molecular formula is C14H17N3O. The molecule has 2 aromatic rings. The van der Waals surface area contributed by atoms with E-state index in [4.69, 9.17) is 9.72 Å². The number of aromatic amines is 1. The van der Waals surface area contributed by atoms with E-state index in [9.17, 15) is 0 Å². The second kappa shape index (κ2) is 4.46. The number of H-pyrrole nitrogens is 1. The van der Waals surface area contributed by atoms with E-state index >= 15 is 0 Å². The predicted molar refractivity (Wildman–Crippen MR) is 70.9 cm³/mol. The Bertz CT molecular complexity index is 558. The van der Waals surface area contributed by atoms with E-state index in [-0.39, 0.29) is 0 Å². The normalized spacial score (nSPS) is 15.4. The molecule has 0 amide bonds. The standard InChI is InChI=1S/C14H17N3O/c1-9-13(10-4-3-5-12(6-10)18-2)17-14(16-9)11-7-15-8-11/h3-6,11,15H,7-8H2,1-2H3,(H,16,17). The van der Waals surface area contributed by atoms with Crippen molar-refractivity contribution in [3.05, 3.63) is 35.8 Å². The summed E-state index contributed by atoms with van der Waals surface area (Å²) in [5.41, 5.74) is 3.24. The number of hydrogen-bond acceptors (Lipinski definition) is 3. The third kappa shape index (κ3) is 1.88. The lowest BCUT2D eigenvalue weighted by Gasteiger charge is -2.24. The average molecular weight is 243 g/mol. The molecule has 1 aromatic carbocycles. The Morgan fingerprint density at radius 1 is 1.33 bits per heavy atom. The number of hydrogen-bond donors (Lipinski definition) is 2. The van der Waals surface area contributed by atoms with Gasteiger partial charge >= 0.3 is 0 Å².